The Bertz CT molecular complexity index is 1210. The summed E-state index contributed by atoms with van der Waals surface area (Å²) in [5, 5.41) is 6.43. The van der Waals surface area contributed by atoms with E-state index in [9.17, 15) is 14.4 Å². The summed E-state index contributed by atoms with van der Waals surface area (Å²) in [5.41, 5.74) is 4.04. The zero-order valence-electron chi connectivity index (χ0n) is 18.8. The van der Waals surface area contributed by atoms with E-state index in [0.29, 0.717) is 34.1 Å². The van der Waals surface area contributed by atoms with Crippen molar-refractivity contribution in [3.8, 4) is 17.2 Å². The number of ether oxygens (including phenoxy) is 3. The molecule has 0 fully saturated rings. The number of hydrogen-bond acceptors (Lipinski definition) is 7. The number of carbonyl (C=O) groups excluding carboxylic acids is 3. The summed E-state index contributed by atoms with van der Waals surface area (Å²) in [5.74, 6) is -1.13. The first-order valence-electron chi connectivity index (χ1n) is 10.2. The van der Waals surface area contributed by atoms with Gasteiger partial charge in [-0.25, -0.2) is 10.2 Å². The van der Waals surface area contributed by atoms with Gasteiger partial charge in [0.1, 0.15) is 17.2 Å². The molecule has 0 unspecified atom stereocenters. The van der Waals surface area contributed by atoms with Crippen molar-refractivity contribution in [3.05, 3.63) is 83.9 Å². The highest BCUT2D eigenvalue weighted by Crippen LogP contribution is 2.28. The monoisotopic (exact) mass is 461 g/mol. The van der Waals surface area contributed by atoms with Crippen LogP contribution in [0.4, 0.5) is 5.69 Å². The molecular formula is C25H23N3O6. The maximum atomic E-state index is 12.3. The Morgan fingerprint density at radius 1 is 0.765 bits per heavy atom. The quantitative estimate of drug-likeness (QED) is 0.183. The molecule has 2 amide bonds. The number of anilines is 1. The Labute approximate surface area is 196 Å². The number of methoxy groups -OCH3 is 2. The van der Waals surface area contributed by atoms with Gasteiger partial charge in [-0.2, -0.15) is 5.10 Å². The molecular weight excluding hydrogens is 438 g/mol. The largest absolute Gasteiger partial charge is 0.497 e. The van der Waals surface area contributed by atoms with Gasteiger partial charge in [0.2, 0.25) is 0 Å². The van der Waals surface area contributed by atoms with Crippen LogP contribution < -0.4 is 25.0 Å². The van der Waals surface area contributed by atoms with Gasteiger partial charge in [0.25, 0.3) is 0 Å². The van der Waals surface area contributed by atoms with E-state index in [2.05, 4.69) is 15.8 Å². The van der Waals surface area contributed by atoms with Gasteiger partial charge in [0.05, 0.1) is 31.2 Å². The van der Waals surface area contributed by atoms with E-state index in [1.807, 2.05) is 6.07 Å². The first-order valence-corrected chi connectivity index (χ1v) is 10.2. The fourth-order valence-corrected chi connectivity index (χ4v) is 2.85. The van der Waals surface area contributed by atoms with Crippen LogP contribution >= 0.6 is 0 Å². The van der Waals surface area contributed by atoms with Crippen molar-refractivity contribution in [1.82, 2.24) is 5.43 Å². The lowest BCUT2D eigenvalue weighted by molar-refractivity contribution is -0.136. The van der Waals surface area contributed by atoms with Crippen LogP contribution in [-0.2, 0) is 9.59 Å². The van der Waals surface area contributed by atoms with Gasteiger partial charge in [0, 0.05) is 6.07 Å². The first kappa shape index (κ1) is 24.0. The Morgan fingerprint density at radius 2 is 1.44 bits per heavy atom. The highest BCUT2D eigenvalue weighted by molar-refractivity contribution is 6.39. The molecule has 0 bridgehead atoms. The van der Waals surface area contributed by atoms with Crippen molar-refractivity contribution in [3.63, 3.8) is 0 Å². The van der Waals surface area contributed by atoms with E-state index >= 15 is 0 Å². The molecule has 0 radical (unpaired) electrons. The number of benzene rings is 3. The van der Waals surface area contributed by atoms with Gasteiger partial charge < -0.3 is 19.5 Å². The van der Waals surface area contributed by atoms with E-state index in [1.54, 1.807) is 67.6 Å². The summed E-state index contributed by atoms with van der Waals surface area (Å²) in [6.45, 7) is 1.66. The number of hydrogen-bond donors (Lipinski definition) is 2. The molecule has 3 rings (SSSR count). The van der Waals surface area contributed by atoms with Gasteiger partial charge in [0.15, 0.2) is 0 Å². The van der Waals surface area contributed by atoms with E-state index in [-0.39, 0.29) is 5.69 Å². The topological polar surface area (TPSA) is 115 Å². The molecule has 0 aromatic heterocycles. The number of amides is 2. The lowest BCUT2D eigenvalue weighted by atomic mass is 10.1. The number of nitrogens with zero attached hydrogens (tertiary/aromatic N) is 1. The molecule has 3 aromatic rings. The van der Waals surface area contributed by atoms with Crippen LogP contribution in [0.15, 0.2) is 77.9 Å². The molecule has 0 aliphatic heterocycles. The average molecular weight is 461 g/mol. The molecule has 9 heteroatoms. The third-order valence-electron chi connectivity index (χ3n) is 4.68. The minimum Gasteiger partial charge on any atom is -0.497 e. The molecule has 174 valence electrons. The Hall–Kier alpha value is -4.66. The van der Waals surface area contributed by atoms with Gasteiger partial charge in [-0.3, -0.25) is 9.59 Å². The van der Waals surface area contributed by atoms with Gasteiger partial charge in [-0.15, -0.1) is 0 Å². The summed E-state index contributed by atoms with van der Waals surface area (Å²) < 4.78 is 15.6. The average Bonchev–Trinajstić information content (AvgIpc) is 2.87. The number of rotatable bonds is 7. The van der Waals surface area contributed by atoms with Gasteiger partial charge in [-0.1, -0.05) is 18.2 Å². The smallest absolute Gasteiger partial charge is 0.343 e. The SMILES string of the molecule is COc1ccc(OC)c(NC(=O)C(=O)N/N=C(\C)c2ccc(OC(=O)c3ccccc3)cc2)c1. The van der Waals surface area contributed by atoms with Crippen molar-refractivity contribution in [2.75, 3.05) is 19.5 Å². The van der Waals surface area contributed by atoms with Crippen molar-refractivity contribution >= 4 is 29.2 Å². The van der Waals surface area contributed by atoms with Gasteiger partial charge in [-0.05, 0) is 61.0 Å². The molecule has 0 atom stereocenters. The second-order valence-corrected chi connectivity index (χ2v) is 6.94. The maximum Gasteiger partial charge on any atom is 0.343 e. The van der Waals surface area contributed by atoms with E-state index < -0.39 is 17.8 Å². The predicted molar refractivity (Wildman–Crippen MR) is 126 cm³/mol. The fourth-order valence-electron chi connectivity index (χ4n) is 2.85. The zero-order chi connectivity index (χ0) is 24.5. The minimum atomic E-state index is -0.961. The maximum absolute atomic E-state index is 12.3. The molecule has 0 saturated carbocycles. The van der Waals surface area contributed by atoms with E-state index in [0.717, 1.165) is 0 Å². The number of nitrogens with one attached hydrogen (secondary N) is 2. The van der Waals surface area contributed by atoms with Crippen LogP contribution in [0.3, 0.4) is 0 Å². The van der Waals surface area contributed by atoms with Crippen LogP contribution in [-0.4, -0.2) is 37.7 Å². The molecule has 0 aliphatic carbocycles. The van der Waals surface area contributed by atoms with Crippen LogP contribution in [0, 0.1) is 0 Å². The molecule has 0 heterocycles. The standard InChI is InChI=1S/C25H23N3O6/c1-16(17-9-11-19(12-10-17)34-25(31)18-7-5-4-6-8-18)27-28-24(30)23(29)26-21-15-20(32-2)13-14-22(21)33-3/h4-15H,1-3H3,(H,26,29)(H,28,30)/b27-16+. The predicted octanol–water partition coefficient (Wildman–Crippen LogP) is 3.40. The lowest BCUT2D eigenvalue weighted by Gasteiger charge is -2.11. The Kier molecular flexibility index (Phi) is 7.96. The summed E-state index contributed by atoms with van der Waals surface area (Å²) in [6, 6.07) is 20.0. The first-order chi connectivity index (χ1) is 16.4. The summed E-state index contributed by atoms with van der Waals surface area (Å²) in [7, 11) is 2.93. The van der Waals surface area contributed by atoms with Crippen molar-refractivity contribution < 1.29 is 28.6 Å². The molecule has 0 aliphatic rings. The van der Waals surface area contributed by atoms with Gasteiger partial charge >= 0.3 is 17.8 Å². The third-order valence-corrected chi connectivity index (χ3v) is 4.68. The van der Waals surface area contributed by atoms with E-state index in [4.69, 9.17) is 14.2 Å². The summed E-state index contributed by atoms with van der Waals surface area (Å²) in [6.07, 6.45) is 0. The van der Waals surface area contributed by atoms with Crippen LogP contribution in [0.2, 0.25) is 0 Å². The second kappa shape index (κ2) is 11.3. The molecule has 2 N–H and O–H groups in total. The minimum absolute atomic E-state index is 0.281. The van der Waals surface area contributed by atoms with Crippen LogP contribution in [0.25, 0.3) is 0 Å². The van der Waals surface area contributed by atoms with Crippen molar-refractivity contribution in [1.29, 1.82) is 0 Å². The number of carbonyl (C=O) groups is 3. The Morgan fingerprint density at radius 3 is 2.09 bits per heavy atom. The van der Waals surface area contributed by atoms with Crippen LogP contribution in [0.5, 0.6) is 17.2 Å². The normalized spacial score (nSPS) is 10.7. The fraction of sp³-hybridized carbons (Fsp3) is 0.120. The number of esters is 1. The highest BCUT2D eigenvalue weighted by atomic mass is 16.5. The molecule has 3 aromatic carbocycles. The van der Waals surface area contributed by atoms with Crippen LogP contribution in [0.1, 0.15) is 22.8 Å². The number of hydrazone groups is 1. The molecule has 0 spiro atoms. The zero-order valence-corrected chi connectivity index (χ0v) is 18.8. The van der Waals surface area contributed by atoms with Crippen molar-refractivity contribution in [2.24, 2.45) is 5.10 Å². The lowest BCUT2D eigenvalue weighted by Crippen LogP contribution is -2.33. The molecule has 34 heavy (non-hydrogen) atoms. The third kappa shape index (κ3) is 6.19. The summed E-state index contributed by atoms with van der Waals surface area (Å²) >= 11 is 0. The van der Waals surface area contributed by atoms with E-state index in [1.165, 1.54) is 20.3 Å². The molecule has 0 saturated heterocycles. The van der Waals surface area contributed by atoms with Crippen molar-refractivity contribution in [2.45, 2.75) is 6.92 Å². The summed E-state index contributed by atoms with van der Waals surface area (Å²) in [4.78, 5) is 36.6. The Balaban J connectivity index is 1.59. The second-order valence-electron chi connectivity index (χ2n) is 6.94. The highest BCUT2D eigenvalue weighted by Gasteiger charge is 2.16. The molecule has 9 nitrogen and oxygen atoms in total.